The summed E-state index contributed by atoms with van der Waals surface area (Å²) in [6, 6.07) is 7.39. The molecule has 18 heavy (non-hydrogen) atoms. The van der Waals surface area contributed by atoms with Crippen molar-refractivity contribution in [2.45, 2.75) is 19.0 Å². The number of carboxylic acids is 1. The number of hydrogen-bond acceptors (Lipinski definition) is 3. The maximum atomic E-state index is 11.3. The summed E-state index contributed by atoms with van der Waals surface area (Å²) in [7, 11) is 0. The molecule has 5 heteroatoms. The summed E-state index contributed by atoms with van der Waals surface area (Å²) in [4.78, 5) is 13.2. The lowest BCUT2D eigenvalue weighted by molar-refractivity contribution is -0.151. The van der Waals surface area contributed by atoms with Gasteiger partial charge in [0.05, 0.1) is 13.2 Å². The highest BCUT2D eigenvalue weighted by atomic mass is 79.9. The van der Waals surface area contributed by atoms with Crippen LogP contribution >= 0.6 is 15.9 Å². The van der Waals surface area contributed by atoms with Crippen LogP contribution in [-0.4, -0.2) is 41.8 Å². The van der Waals surface area contributed by atoms with Gasteiger partial charge in [0.15, 0.2) is 0 Å². The van der Waals surface area contributed by atoms with Crippen LogP contribution in [0.1, 0.15) is 18.5 Å². The normalized spacial score (nSPS) is 22.7. The highest BCUT2D eigenvalue weighted by Crippen LogP contribution is 2.29. The van der Waals surface area contributed by atoms with Gasteiger partial charge < -0.3 is 9.84 Å². The second-order valence-corrected chi connectivity index (χ2v) is 5.22. The van der Waals surface area contributed by atoms with E-state index in [4.69, 9.17) is 4.74 Å². The molecule has 98 valence electrons. The van der Waals surface area contributed by atoms with E-state index in [1.165, 1.54) is 0 Å². The number of benzene rings is 1. The molecule has 1 aromatic rings. The van der Waals surface area contributed by atoms with Crippen molar-refractivity contribution in [1.82, 2.24) is 4.90 Å². The molecule has 1 heterocycles. The van der Waals surface area contributed by atoms with E-state index in [9.17, 15) is 9.90 Å². The molecule has 2 rings (SSSR count). The highest BCUT2D eigenvalue weighted by molar-refractivity contribution is 9.10. The first-order valence-corrected chi connectivity index (χ1v) is 6.71. The molecule has 4 nitrogen and oxygen atoms in total. The molecular formula is C13H16BrNO3. The van der Waals surface area contributed by atoms with Crippen molar-refractivity contribution < 1.29 is 14.6 Å². The van der Waals surface area contributed by atoms with E-state index in [-0.39, 0.29) is 12.6 Å². The fourth-order valence-electron chi connectivity index (χ4n) is 2.29. The van der Waals surface area contributed by atoms with Crippen LogP contribution in [0.2, 0.25) is 0 Å². The molecule has 1 aliphatic rings. The number of ether oxygens (including phenoxy) is 1. The second-order valence-electron chi connectivity index (χ2n) is 4.36. The Bertz CT molecular complexity index is 438. The van der Waals surface area contributed by atoms with Crippen molar-refractivity contribution in [3.8, 4) is 0 Å². The topological polar surface area (TPSA) is 49.8 Å². The van der Waals surface area contributed by atoms with Gasteiger partial charge in [-0.25, -0.2) is 0 Å². The number of aliphatic carboxylic acids is 1. The van der Waals surface area contributed by atoms with Crippen molar-refractivity contribution in [1.29, 1.82) is 0 Å². The first-order valence-electron chi connectivity index (χ1n) is 5.92. The molecule has 1 aliphatic heterocycles. The largest absolute Gasteiger partial charge is 0.480 e. The number of hydrogen-bond donors (Lipinski definition) is 1. The smallest absolute Gasteiger partial charge is 0.323 e. The van der Waals surface area contributed by atoms with Gasteiger partial charge in [-0.05, 0) is 18.6 Å². The van der Waals surface area contributed by atoms with E-state index in [0.29, 0.717) is 13.2 Å². The third-order valence-electron chi connectivity index (χ3n) is 3.31. The third-order valence-corrected chi connectivity index (χ3v) is 4.03. The Morgan fingerprint density at radius 1 is 1.56 bits per heavy atom. The SMILES string of the molecule is CC(c1ccccc1Br)N1CCOCC1C(=O)O. The summed E-state index contributed by atoms with van der Waals surface area (Å²) in [6.07, 6.45) is 0. The summed E-state index contributed by atoms with van der Waals surface area (Å²) in [5.41, 5.74) is 1.10. The monoisotopic (exact) mass is 313 g/mol. The maximum Gasteiger partial charge on any atom is 0.323 e. The molecule has 0 aliphatic carbocycles. The molecular weight excluding hydrogens is 298 g/mol. The van der Waals surface area contributed by atoms with Crippen LogP contribution in [0.3, 0.4) is 0 Å². The highest BCUT2D eigenvalue weighted by Gasteiger charge is 2.33. The Labute approximate surface area is 115 Å². The molecule has 0 radical (unpaired) electrons. The Balaban J connectivity index is 2.23. The standard InChI is InChI=1S/C13H16BrNO3/c1-9(10-4-2-3-5-11(10)14)15-6-7-18-8-12(15)13(16)17/h2-5,9,12H,6-8H2,1H3,(H,16,17). The number of halogens is 1. The minimum atomic E-state index is -0.825. The van der Waals surface area contributed by atoms with Crippen LogP contribution < -0.4 is 0 Å². The van der Waals surface area contributed by atoms with Gasteiger partial charge in [-0.2, -0.15) is 0 Å². The number of carbonyl (C=O) groups is 1. The van der Waals surface area contributed by atoms with Crippen molar-refractivity contribution in [3.63, 3.8) is 0 Å². The van der Waals surface area contributed by atoms with E-state index in [0.717, 1.165) is 10.0 Å². The molecule has 1 N–H and O–H groups in total. The van der Waals surface area contributed by atoms with E-state index < -0.39 is 12.0 Å². The van der Waals surface area contributed by atoms with Gasteiger partial charge in [-0.3, -0.25) is 9.69 Å². The molecule has 2 unspecified atom stereocenters. The molecule has 0 aromatic heterocycles. The number of nitrogens with zero attached hydrogens (tertiary/aromatic N) is 1. The average molecular weight is 314 g/mol. The summed E-state index contributed by atoms with van der Waals surface area (Å²) in [6.45, 7) is 3.50. The van der Waals surface area contributed by atoms with Crippen LogP contribution in [0, 0.1) is 0 Å². The summed E-state index contributed by atoms with van der Waals surface area (Å²) in [5, 5.41) is 9.24. The molecule has 1 fully saturated rings. The predicted octanol–water partition coefficient (Wildman–Crippen LogP) is 2.30. The fourth-order valence-corrected chi connectivity index (χ4v) is 2.90. The molecule has 0 saturated carbocycles. The van der Waals surface area contributed by atoms with Gasteiger partial charge in [0.2, 0.25) is 0 Å². The van der Waals surface area contributed by atoms with E-state index in [2.05, 4.69) is 15.9 Å². The Morgan fingerprint density at radius 3 is 2.94 bits per heavy atom. The van der Waals surface area contributed by atoms with Gasteiger partial charge in [0.1, 0.15) is 6.04 Å². The lowest BCUT2D eigenvalue weighted by Gasteiger charge is -2.37. The molecule has 0 bridgehead atoms. The van der Waals surface area contributed by atoms with E-state index in [1.807, 2.05) is 36.1 Å². The van der Waals surface area contributed by atoms with Crippen molar-refractivity contribution in [3.05, 3.63) is 34.3 Å². The first kappa shape index (κ1) is 13.5. The second kappa shape index (κ2) is 5.82. The van der Waals surface area contributed by atoms with Crippen LogP contribution in [0.15, 0.2) is 28.7 Å². The van der Waals surface area contributed by atoms with E-state index >= 15 is 0 Å². The minimum absolute atomic E-state index is 0.0468. The van der Waals surface area contributed by atoms with Crippen LogP contribution in [0.25, 0.3) is 0 Å². The quantitative estimate of drug-likeness (QED) is 0.930. The zero-order chi connectivity index (χ0) is 13.1. The predicted molar refractivity (Wildman–Crippen MR) is 71.5 cm³/mol. The van der Waals surface area contributed by atoms with Crippen LogP contribution in [0.4, 0.5) is 0 Å². The maximum absolute atomic E-state index is 11.3. The summed E-state index contributed by atoms with van der Waals surface area (Å²) < 4.78 is 6.26. The molecule has 2 atom stereocenters. The number of rotatable bonds is 3. The van der Waals surface area contributed by atoms with Crippen molar-refractivity contribution in [2.75, 3.05) is 19.8 Å². The zero-order valence-electron chi connectivity index (χ0n) is 10.2. The summed E-state index contributed by atoms with van der Waals surface area (Å²) in [5.74, 6) is -0.825. The fraction of sp³-hybridized carbons (Fsp3) is 0.462. The van der Waals surface area contributed by atoms with Gasteiger partial charge in [-0.15, -0.1) is 0 Å². The lowest BCUT2D eigenvalue weighted by Crippen LogP contribution is -2.50. The Morgan fingerprint density at radius 2 is 2.28 bits per heavy atom. The van der Waals surface area contributed by atoms with E-state index in [1.54, 1.807) is 0 Å². The lowest BCUT2D eigenvalue weighted by atomic mass is 10.0. The van der Waals surface area contributed by atoms with Crippen molar-refractivity contribution >= 4 is 21.9 Å². The zero-order valence-corrected chi connectivity index (χ0v) is 11.8. The Hall–Kier alpha value is -0.910. The van der Waals surface area contributed by atoms with Gasteiger partial charge in [0, 0.05) is 17.1 Å². The number of carboxylic acid groups (broad SMARTS) is 1. The third kappa shape index (κ3) is 2.74. The molecule has 1 saturated heterocycles. The van der Waals surface area contributed by atoms with Gasteiger partial charge in [0.25, 0.3) is 0 Å². The van der Waals surface area contributed by atoms with Crippen LogP contribution in [0.5, 0.6) is 0 Å². The number of morpholine rings is 1. The van der Waals surface area contributed by atoms with Crippen LogP contribution in [-0.2, 0) is 9.53 Å². The van der Waals surface area contributed by atoms with Gasteiger partial charge >= 0.3 is 5.97 Å². The Kier molecular flexibility index (Phi) is 4.37. The molecule has 1 aromatic carbocycles. The molecule has 0 amide bonds. The van der Waals surface area contributed by atoms with Gasteiger partial charge in [-0.1, -0.05) is 34.1 Å². The summed E-state index contributed by atoms with van der Waals surface area (Å²) >= 11 is 3.52. The minimum Gasteiger partial charge on any atom is -0.480 e. The average Bonchev–Trinajstić information content (AvgIpc) is 2.38. The first-order chi connectivity index (χ1) is 8.61. The molecule has 0 spiro atoms. The van der Waals surface area contributed by atoms with Crippen molar-refractivity contribution in [2.24, 2.45) is 0 Å².